The molecule has 0 saturated carbocycles. The molecule has 0 radical (unpaired) electrons. The summed E-state index contributed by atoms with van der Waals surface area (Å²) in [6.45, 7) is 0. The van der Waals surface area contributed by atoms with E-state index in [9.17, 15) is 14.7 Å². The average Bonchev–Trinajstić information content (AvgIpc) is 1.85. The van der Waals surface area contributed by atoms with E-state index < -0.39 is 11.8 Å². The number of rotatable bonds is 3. The number of hydrogen-bond acceptors (Lipinski definition) is 3. The van der Waals surface area contributed by atoms with Crippen LogP contribution in [0, 0.1) is 0 Å². The molecule has 1 N–H and O–H groups in total. The maximum Gasteiger partial charge on any atom is 0.328 e. The molecule has 0 aromatic rings. The van der Waals surface area contributed by atoms with Crippen LogP contribution < -0.4 is 5.11 Å². The number of ketones is 1. The first-order valence-corrected chi connectivity index (χ1v) is 2.40. The number of aliphatic carboxylic acids is 1. The molecule has 54 valence electrons. The molecule has 0 heterocycles. The summed E-state index contributed by atoms with van der Waals surface area (Å²) in [5, 5.41) is 17.6. The highest BCUT2D eigenvalue weighted by Crippen LogP contribution is 1.78. The second-order valence-corrected chi connectivity index (χ2v) is 1.38. The summed E-state index contributed by atoms with van der Waals surface area (Å²) < 4.78 is 0. The van der Waals surface area contributed by atoms with Crippen LogP contribution in [0.5, 0.6) is 0 Å². The summed E-state index contributed by atoms with van der Waals surface area (Å²) in [6.07, 6.45) is 2.51. The predicted octanol–water partition coefficient (Wildman–Crippen LogP) is -0.930. The van der Waals surface area contributed by atoms with E-state index in [1.54, 1.807) is 0 Å². The Kier molecular flexibility index (Phi) is 3.63. The molecule has 0 atom stereocenters. The van der Waals surface area contributed by atoms with Crippen molar-refractivity contribution in [2.75, 3.05) is 0 Å². The topological polar surface area (TPSA) is 77.4 Å². The molecule has 0 amide bonds. The van der Waals surface area contributed by atoms with Gasteiger partial charge in [-0.25, -0.2) is 4.79 Å². The minimum Gasteiger partial charge on any atom is -0.878 e. The molecule has 0 aromatic carbocycles. The van der Waals surface area contributed by atoms with E-state index in [2.05, 4.69) is 0 Å². The molecule has 0 spiro atoms. The lowest BCUT2D eigenvalue weighted by Gasteiger charge is -1.84. The summed E-state index contributed by atoms with van der Waals surface area (Å²) in [5.41, 5.74) is 0. The second-order valence-electron chi connectivity index (χ2n) is 1.38. The molecule has 0 aliphatic heterocycles. The first-order valence-electron chi connectivity index (χ1n) is 2.40. The van der Waals surface area contributed by atoms with Crippen molar-refractivity contribution in [3.63, 3.8) is 0 Å². The van der Waals surface area contributed by atoms with E-state index in [0.717, 1.165) is 12.2 Å². The van der Waals surface area contributed by atoms with Gasteiger partial charge in [0.15, 0.2) is 5.78 Å². The number of carboxylic acid groups (broad SMARTS) is 1. The van der Waals surface area contributed by atoms with Gasteiger partial charge in [0.2, 0.25) is 0 Å². The Balaban J connectivity index is 3.90. The highest BCUT2D eigenvalue weighted by atomic mass is 16.4. The Bertz CT molecular complexity index is 190. The van der Waals surface area contributed by atoms with Gasteiger partial charge in [-0.15, -0.1) is 6.26 Å². The van der Waals surface area contributed by atoms with Crippen LogP contribution in [-0.4, -0.2) is 16.9 Å². The minimum absolute atomic E-state index is 0.300. The smallest absolute Gasteiger partial charge is 0.328 e. The van der Waals surface area contributed by atoms with E-state index in [-0.39, 0.29) is 0 Å². The highest BCUT2D eigenvalue weighted by Gasteiger charge is 1.88. The Morgan fingerprint density at radius 3 is 2.20 bits per heavy atom. The Morgan fingerprint density at radius 2 is 1.80 bits per heavy atom. The van der Waals surface area contributed by atoms with Gasteiger partial charge in [0.1, 0.15) is 0 Å². The number of carbonyl (C=O) groups is 2. The molecular formula is C6H5O4-. The Hall–Kier alpha value is -1.58. The molecule has 0 saturated heterocycles. The maximum atomic E-state index is 10.3. The number of allylic oxidation sites excluding steroid dienone is 2. The molecule has 10 heavy (non-hydrogen) atoms. The van der Waals surface area contributed by atoms with Crippen LogP contribution in [0.4, 0.5) is 0 Å². The van der Waals surface area contributed by atoms with Crippen molar-refractivity contribution in [1.29, 1.82) is 0 Å². The van der Waals surface area contributed by atoms with E-state index in [1.807, 2.05) is 0 Å². The lowest BCUT2D eigenvalue weighted by molar-refractivity contribution is -0.274. The number of carboxylic acids is 1. The molecule has 4 heteroatoms. The van der Waals surface area contributed by atoms with Gasteiger partial charge in [-0.1, -0.05) is 0 Å². The first-order chi connectivity index (χ1) is 4.66. The lowest BCUT2D eigenvalue weighted by Crippen LogP contribution is -1.94. The van der Waals surface area contributed by atoms with E-state index in [0.29, 0.717) is 12.3 Å². The summed E-state index contributed by atoms with van der Waals surface area (Å²) in [6, 6.07) is 0. The van der Waals surface area contributed by atoms with Crippen molar-refractivity contribution in [2.45, 2.75) is 0 Å². The van der Waals surface area contributed by atoms with Crippen LogP contribution in [0.3, 0.4) is 0 Å². The fraction of sp³-hybridized carbons (Fsp3) is 0. The van der Waals surface area contributed by atoms with Gasteiger partial charge in [0.25, 0.3) is 0 Å². The number of carbonyl (C=O) groups excluding carboxylic acids is 1. The van der Waals surface area contributed by atoms with Crippen LogP contribution in [0.1, 0.15) is 0 Å². The van der Waals surface area contributed by atoms with Crippen molar-refractivity contribution in [1.82, 2.24) is 0 Å². The third-order valence-corrected chi connectivity index (χ3v) is 0.622. The SMILES string of the molecule is O=C(O)/C=C\C(=O)/C=C\[O-]. The highest BCUT2D eigenvalue weighted by molar-refractivity contribution is 6.02. The van der Waals surface area contributed by atoms with Crippen LogP contribution >= 0.6 is 0 Å². The van der Waals surface area contributed by atoms with Crippen molar-refractivity contribution >= 4 is 11.8 Å². The van der Waals surface area contributed by atoms with Gasteiger partial charge >= 0.3 is 5.97 Å². The monoisotopic (exact) mass is 141 g/mol. The van der Waals surface area contributed by atoms with Crippen molar-refractivity contribution in [3.8, 4) is 0 Å². The van der Waals surface area contributed by atoms with Gasteiger partial charge in [0, 0.05) is 6.08 Å². The normalized spacial score (nSPS) is 10.8. The quantitative estimate of drug-likeness (QED) is 0.407. The van der Waals surface area contributed by atoms with E-state index in [4.69, 9.17) is 5.11 Å². The zero-order valence-corrected chi connectivity index (χ0v) is 4.98. The van der Waals surface area contributed by atoms with Crippen LogP contribution in [-0.2, 0) is 9.59 Å². The minimum atomic E-state index is -1.22. The fourth-order valence-electron chi connectivity index (χ4n) is 0.276. The summed E-state index contributed by atoms with van der Waals surface area (Å²) >= 11 is 0. The maximum absolute atomic E-state index is 10.3. The molecule has 0 unspecified atom stereocenters. The fourth-order valence-corrected chi connectivity index (χ4v) is 0.276. The van der Waals surface area contributed by atoms with Crippen molar-refractivity contribution < 1.29 is 19.8 Å². The second kappa shape index (κ2) is 4.31. The van der Waals surface area contributed by atoms with Gasteiger partial charge < -0.3 is 10.2 Å². The summed E-state index contributed by atoms with van der Waals surface area (Å²) in [5.74, 6) is -1.84. The first kappa shape index (κ1) is 8.42. The number of hydrogen-bond donors (Lipinski definition) is 1. The van der Waals surface area contributed by atoms with Gasteiger partial charge in [-0.05, 0) is 12.2 Å². The largest absolute Gasteiger partial charge is 0.878 e. The molecule has 0 fully saturated rings. The Labute approximate surface area is 57.1 Å². The standard InChI is InChI=1S/C6H6O4/c7-4-3-5(8)1-2-6(9)10/h1-4,7H,(H,9,10)/p-1/b2-1-,4-3-. The predicted molar refractivity (Wildman–Crippen MR) is 30.9 cm³/mol. The summed E-state index contributed by atoms with van der Waals surface area (Å²) in [7, 11) is 0. The van der Waals surface area contributed by atoms with Crippen molar-refractivity contribution in [2.24, 2.45) is 0 Å². The zero-order valence-electron chi connectivity index (χ0n) is 4.98. The molecule has 4 nitrogen and oxygen atoms in total. The van der Waals surface area contributed by atoms with Crippen LogP contribution in [0.25, 0.3) is 0 Å². The molecule has 0 aliphatic rings. The molecular weight excluding hydrogens is 136 g/mol. The summed E-state index contributed by atoms with van der Waals surface area (Å²) in [4.78, 5) is 20.1. The van der Waals surface area contributed by atoms with Crippen molar-refractivity contribution in [3.05, 3.63) is 24.5 Å². The third kappa shape index (κ3) is 4.58. The van der Waals surface area contributed by atoms with E-state index in [1.165, 1.54) is 0 Å². The van der Waals surface area contributed by atoms with Gasteiger partial charge in [-0.3, -0.25) is 4.79 Å². The zero-order chi connectivity index (χ0) is 7.98. The van der Waals surface area contributed by atoms with Crippen LogP contribution in [0.15, 0.2) is 24.5 Å². The van der Waals surface area contributed by atoms with E-state index >= 15 is 0 Å². The molecule has 0 rings (SSSR count). The molecule has 0 aromatic heterocycles. The third-order valence-electron chi connectivity index (χ3n) is 0.622. The lowest BCUT2D eigenvalue weighted by atomic mass is 10.3. The van der Waals surface area contributed by atoms with Gasteiger partial charge in [-0.2, -0.15) is 0 Å². The van der Waals surface area contributed by atoms with Gasteiger partial charge in [0.05, 0.1) is 0 Å². The molecule has 0 bridgehead atoms. The average molecular weight is 141 g/mol. The Morgan fingerprint density at radius 1 is 1.20 bits per heavy atom. The molecule has 0 aliphatic carbocycles. The van der Waals surface area contributed by atoms with Crippen LogP contribution in [0.2, 0.25) is 0 Å².